The number of rotatable bonds is 5. The molecule has 0 heterocycles. The van der Waals surface area contributed by atoms with E-state index in [1.807, 2.05) is 13.1 Å². The minimum Gasteiger partial charge on any atom is -0.388 e. The fraction of sp³-hybridized carbons (Fsp3) is 0.200. The van der Waals surface area contributed by atoms with E-state index in [1.165, 1.54) is 16.9 Å². The first-order chi connectivity index (χ1) is 10.7. The Balaban J connectivity index is 0.00000116. The second-order valence-electron chi connectivity index (χ2n) is 4.82. The summed E-state index contributed by atoms with van der Waals surface area (Å²) in [6.07, 6.45) is 0.997. The summed E-state index contributed by atoms with van der Waals surface area (Å²) < 4.78 is 0. The Hall–Kier alpha value is -2.48. The minimum atomic E-state index is 0.952. The van der Waals surface area contributed by atoms with Crippen LogP contribution in [0.4, 0.5) is 11.4 Å². The van der Waals surface area contributed by atoms with Crippen LogP contribution in [0.1, 0.15) is 18.1 Å². The van der Waals surface area contributed by atoms with Gasteiger partial charge in [0.25, 0.3) is 0 Å². The minimum absolute atomic E-state index is 0.952. The highest BCUT2D eigenvalue weighted by molar-refractivity contribution is 5.70. The summed E-state index contributed by atoms with van der Waals surface area (Å²) in [5, 5.41) is 3.10. The molecular formula is C20H26N2. The number of aryl methyl sites for hydroxylation is 1. The van der Waals surface area contributed by atoms with Gasteiger partial charge in [-0.05, 0) is 41.8 Å². The van der Waals surface area contributed by atoms with Crippen molar-refractivity contribution in [2.24, 2.45) is 0 Å². The fourth-order valence-corrected chi connectivity index (χ4v) is 2.32. The molecule has 2 nitrogen and oxygen atoms in total. The molecule has 0 bridgehead atoms. The highest BCUT2D eigenvalue weighted by atomic mass is 15.1. The van der Waals surface area contributed by atoms with Crippen LogP contribution in [0.25, 0.3) is 5.70 Å². The van der Waals surface area contributed by atoms with Crippen LogP contribution in [0.5, 0.6) is 0 Å². The average Bonchev–Trinajstić information content (AvgIpc) is 2.62. The standard InChI is InChI=1S/C18H22N2.C2H4/c1-5-15-13-16(14(2)19-3)11-12-18(15)20(4)17-9-7-6-8-10-17;1-2/h6-13,19H,2,5H2,1,3-4H3;1-2H2. The summed E-state index contributed by atoms with van der Waals surface area (Å²) in [5.41, 5.74) is 5.86. The zero-order valence-corrected chi connectivity index (χ0v) is 13.9. The molecule has 116 valence electrons. The maximum absolute atomic E-state index is 4.03. The molecule has 0 amide bonds. The van der Waals surface area contributed by atoms with E-state index in [9.17, 15) is 0 Å². The van der Waals surface area contributed by atoms with Crippen LogP contribution >= 0.6 is 0 Å². The van der Waals surface area contributed by atoms with Crippen LogP contribution in [0.2, 0.25) is 0 Å². The van der Waals surface area contributed by atoms with E-state index in [0.29, 0.717) is 0 Å². The lowest BCUT2D eigenvalue weighted by molar-refractivity contribution is 1.08. The number of para-hydroxylation sites is 1. The van der Waals surface area contributed by atoms with Crippen LogP contribution in [0.3, 0.4) is 0 Å². The summed E-state index contributed by atoms with van der Waals surface area (Å²) in [4.78, 5) is 2.23. The molecule has 0 saturated carbocycles. The Morgan fingerprint density at radius 3 is 2.27 bits per heavy atom. The first-order valence-corrected chi connectivity index (χ1v) is 7.46. The van der Waals surface area contributed by atoms with Gasteiger partial charge in [0.2, 0.25) is 0 Å². The number of hydrogen-bond donors (Lipinski definition) is 1. The molecule has 22 heavy (non-hydrogen) atoms. The summed E-state index contributed by atoms with van der Waals surface area (Å²) in [5.74, 6) is 0. The summed E-state index contributed by atoms with van der Waals surface area (Å²) >= 11 is 0. The summed E-state index contributed by atoms with van der Waals surface area (Å²) in [6.45, 7) is 12.2. The Bertz CT molecular complexity index is 602. The van der Waals surface area contributed by atoms with E-state index < -0.39 is 0 Å². The van der Waals surface area contributed by atoms with Crippen LogP contribution in [0, 0.1) is 0 Å². The van der Waals surface area contributed by atoms with Gasteiger partial charge in [-0.1, -0.05) is 37.8 Å². The zero-order chi connectivity index (χ0) is 16.5. The molecule has 2 heteroatoms. The monoisotopic (exact) mass is 294 g/mol. The third-order valence-electron chi connectivity index (χ3n) is 3.62. The maximum Gasteiger partial charge on any atom is 0.0440 e. The molecule has 2 rings (SSSR count). The van der Waals surface area contributed by atoms with Crippen molar-refractivity contribution in [1.29, 1.82) is 0 Å². The molecule has 0 saturated heterocycles. The Labute approximate surface area is 134 Å². The fourth-order valence-electron chi connectivity index (χ4n) is 2.32. The lowest BCUT2D eigenvalue weighted by atomic mass is 10.0. The average molecular weight is 294 g/mol. The molecule has 0 unspecified atom stereocenters. The Kier molecular flexibility index (Phi) is 6.97. The Morgan fingerprint density at radius 1 is 1.09 bits per heavy atom. The summed E-state index contributed by atoms with van der Waals surface area (Å²) in [6, 6.07) is 16.9. The smallest absolute Gasteiger partial charge is 0.0440 e. The predicted molar refractivity (Wildman–Crippen MR) is 99.7 cm³/mol. The van der Waals surface area contributed by atoms with Gasteiger partial charge in [0.1, 0.15) is 0 Å². The lowest BCUT2D eigenvalue weighted by Gasteiger charge is -2.23. The van der Waals surface area contributed by atoms with E-state index in [-0.39, 0.29) is 0 Å². The molecule has 0 aliphatic rings. The van der Waals surface area contributed by atoms with E-state index >= 15 is 0 Å². The Morgan fingerprint density at radius 2 is 1.73 bits per heavy atom. The lowest BCUT2D eigenvalue weighted by Crippen LogP contribution is -2.12. The molecule has 0 aliphatic heterocycles. The number of hydrogen-bond acceptors (Lipinski definition) is 2. The van der Waals surface area contributed by atoms with Crippen molar-refractivity contribution in [3.63, 3.8) is 0 Å². The topological polar surface area (TPSA) is 15.3 Å². The summed E-state index contributed by atoms with van der Waals surface area (Å²) in [7, 11) is 4.01. The SMILES string of the molecule is C=C.C=C(NC)c1ccc(N(C)c2ccccc2)c(CC)c1. The molecule has 1 N–H and O–H groups in total. The molecule has 2 aromatic carbocycles. The van der Waals surface area contributed by atoms with Crippen molar-refractivity contribution in [1.82, 2.24) is 5.32 Å². The van der Waals surface area contributed by atoms with Gasteiger partial charge in [-0.2, -0.15) is 0 Å². The van der Waals surface area contributed by atoms with Gasteiger partial charge in [-0.3, -0.25) is 0 Å². The predicted octanol–water partition coefficient (Wildman–Crippen LogP) is 5.01. The third kappa shape index (κ3) is 4.01. The van der Waals surface area contributed by atoms with Crippen molar-refractivity contribution in [2.75, 3.05) is 19.0 Å². The number of nitrogens with one attached hydrogen (secondary N) is 1. The van der Waals surface area contributed by atoms with Gasteiger partial charge in [-0.15, -0.1) is 13.2 Å². The third-order valence-corrected chi connectivity index (χ3v) is 3.62. The first kappa shape index (κ1) is 17.6. The highest BCUT2D eigenvalue weighted by Gasteiger charge is 2.09. The largest absolute Gasteiger partial charge is 0.388 e. The number of benzene rings is 2. The van der Waals surface area contributed by atoms with Crippen LogP contribution < -0.4 is 10.2 Å². The molecule has 0 fully saturated rings. The van der Waals surface area contributed by atoms with Gasteiger partial charge in [0.15, 0.2) is 0 Å². The van der Waals surface area contributed by atoms with Gasteiger partial charge < -0.3 is 10.2 Å². The van der Waals surface area contributed by atoms with Gasteiger partial charge >= 0.3 is 0 Å². The van der Waals surface area contributed by atoms with E-state index in [0.717, 1.165) is 17.7 Å². The molecule has 2 aromatic rings. The highest BCUT2D eigenvalue weighted by Crippen LogP contribution is 2.29. The van der Waals surface area contributed by atoms with Gasteiger partial charge in [-0.25, -0.2) is 0 Å². The van der Waals surface area contributed by atoms with E-state index in [4.69, 9.17) is 0 Å². The zero-order valence-electron chi connectivity index (χ0n) is 13.9. The second-order valence-corrected chi connectivity index (χ2v) is 4.82. The van der Waals surface area contributed by atoms with Gasteiger partial charge in [0.05, 0.1) is 0 Å². The van der Waals surface area contributed by atoms with Crippen molar-refractivity contribution < 1.29 is 0 Å². The molecule has 0 aromatic heterocycles. The van der Waals surface area contributed by atoms with E-state index in [1.54, 1.807) is 0 Å². The quantitative estimate of drug-likeness (QED) is 0.780. The molecule has 0 radical (unpaired) electrons. The molecule has 0 spiro atoms. The van der Waals surface area contributed by atoms with Crippen LogP contribution in [-0.2, 0) is 6.42 Å². The number of nitrogens with zero attached hydrogens (tertiary/aromatic N) is 1. The van der Waals surface area contributed by atoms with Crippen LogP contribution in [-0.4, -0.2) is 14.1 Å². The molecule has 0 atom stereocenters. The van der Waals surface area contributed by atoms with Crippen molar-refractivity contribution in [3.8, 4) is 0 Å². The van der Waals surface area contributed by atoms with Crippen molar-refractivity contribution in [3.05, 3.63) is 79.4 Å². The van der Waals surface area contributed by atoms with Gasteiger partial charge in [0, 0.05) is 31.2 Å². The first-order valence-electron chi connectivity index (χ1n) is 7.46. The van der Waals surface area contributed by atoms with Crippen molar-refractivity contribution >= 4 is 17.1 Å². The number of anilines is 2. The second kappa shape index (κ2) is 8.73. The maximum atomic E-state index is 4.03. The molecule has 0 aliphatic carbocycles. The van der Waals surface area contributed by atoms with Crippen LogP contribution in [0.15, 0.2) is 68.3 Å². The van der Waals surface area contributed by atoms with Crippen molar-refractivity contribution in [2.45, 2.75) is 13.3 Å². The van der Waals surface area contributed by atoms with E-state index in [2.05, 4.69) is 86.4 Å². The molecular weight excluding hydrogens is 268 g/mol. The normalized spacial score (nSPS) is 9.41.